The summed E-state index contributed by atoms with van der Waals surface area (Å²) in [7, 11) is -3.18. The minimum absolute atomic E-state index is 0.0914. The maximum absolute atomic E-state index is 14.2. The van der Waals surface area contributed by atoms with E-state index in [-0.39, 0.29) is 17.5 Å². The Labute approximate surface area is 280 Å². The van der Waals surface area contributed by atoms with Gasteiger partial charge in [0.2, 0.25) is 0 Å². The van der Waals surface area contributed by atoms with E-state index in [0.717, 1.165) is 54.7 Å². The van der Waals surface area contributed by atoms with Crippen LogP contribution in [0.4, 0.5) is 5.69 Å². The van der Waals surface area contributed by atoms with Crippen molar-refractivity contribution in [1.29, 1.82) is 0 Å². The molecule has 0 aromatic heterocycles. The number of aryl methyl sites for hydroxylation is 1. The molecule has 0 N–H and O–H groups in total. The van der Waals surface area contributed by atoms with E-state index in [9.17, 15) is 8.42 Å². The van der Waals surface area contributed by atoms with Crippen LogP contribution in [0.25, 0.3) is 0 Å². The summed E-state index contributed by atoms with van der Waals surface area (Å²) in [5, 5.41) is 0. The highest BCUT2D eigenvalue weighted by Gasteiger charge is 2.39. The number of hydrogen-bond acceptors (Lipinski definition) is 8. The standard InChI is InChI=1S/C37H43NO7S2/c1-28-10-18-35(19-11-28)47(39,40)45-46(32-20-12-29(13-21-32)38(2)3,33-22-14-30(15-23-33)43-36-8-4-6-26-41-36)34-24-16-31(17-25-34)44-37-9-5-7-27-42-37/h10-25,36-37H,4-9,26-27H2,1-3H3. The second-order valence-electron chi connectivity index (χ2n) is 12.1. The number of ether oxygens (including phenoxy) is 4. The zero-order valence-corrected chi connectivity index (χ0v) is 28.8. The molecule has 2 aliphatic heterocycles. The van der Waals surface area contributed by atoms with Gasteiger partial charge in [0.15, 0.2) is 12.6 Å². The minimum atomic E-state index is -4.25. The summed E-state index contributed by atoms with van der Waals surface area (Å²) in [5.74, 6) is 1.30. The molecule has 250 valence electrons. The van der Waals surface area contributed by atoms with Crippen molar-refractivity contribution in [2.45, 2.75) is 77.6 Å². The lowest BCUT2D eigenvalue weighted by atomic mass is 10.2. The van der Waals surface area contributed by atoms with E-state index in [4.69, 9.17) is 22.6 Å². The molecule has 0 spiro atoms. The zero-order valence-electron chi connectivity index (χ0n) is 27.2. The predicted octanol–water partition coefficient (Wildman–Crippen LogP) is 8.47. The van der Waals surface area contributed by atoms with Gasteiger partial charge in [0.05, 0.1) is 18.1 Å². The fourth-order valence-corrected chi connectivity index (χ4v) is 10.8. The molecule has 0 aliphatic carbocycles. The van der Waals surface area contributed by atoms with Crippen LogP contribution in [0, 0.1) is 6.92 Å². The second-order valence-corrected chi connectivity index (χ2v) is 16.5. The molecule has 4 aromatic carbocycles. The number of anilines is 1. The lowest BCUT2D eigenvalue weighted by Crippen LogP contribution is -2.25. The average molecular weight is 678 g/mol. The van der Waals surface area contributed by atoms with Crippen molar-refractivity contribution in [2.24, 2.45) is 0 Å². The zero-order chi connectivity index (χ0) is 32.9. The van der Waals surface area contributed by atoms with Gasteiger partial charge < -0.3 is 23.8 Å². The Kier molecular flexibility index (Phi) is 10.4. The van der Waals surface area contributed by atoms with Gasteiger partial charge in [0.1, 0.15) is 11.5 Å². The number of nitrogens with zero attached hydrogens (tertiary/aromatic N) is 1. The number of hydrogen-bond donors (Lipinski definition) is 0. The fourth-order valence-electron chi connectivity index (χ4n) is 5.67. The first-order valence-corrected chi connectivity index (χ1v) is 19.1. The van der Waals surface area contributed by atoms with Crippen molar-refractivity contribution in [2.75, 3.05) is 32.2 Å². The number of benzene rings is 4. The third-order valence-electron chi connectivity index (χ3n) is 8.31. The highest BCUT2D eigenvalue weighted by molar-refractivity contribution is 8.33. The predicted molar refractivity (Wildman–Crippen MR) is 184 cm³/mol. The second kappa shape index (κ2) is 14.7. The number of rotatable bonds is 11. The Morgan fingerprint density at radius 1 is 0.596 bits per heavy atom. The third-order valence-corrected chi connectivity index (χ3v) is 13.5. The van der Waals surface area contributed by atoms with Crippen LogP contribution in [0.2, 0.25) is 0 Å². The fraction of sp³-hybridized carbons (Fsp3) is 0.351. The summed E-state index contributed by atoms with van der Waals surface area (Å²) in [6.45, 7) is 3.27. The van der Waals surface area contributed by atoms with Gasteiger partial charge in [0, 0.05) is 47.3 Å². The molecule has 8 nitrogen and oxygen atoms in total. The molecular weight excluding hydrogens is 635 g/mol. The molecule has 4 aromatic rings. The summed E-state index contributed by atoms with van der Waals surface area (Å²) in [4.78, 5) is 4.23. The average Bonchev–Trinajstić information content (AvgIpc) is 3.09. The van der Waals surface area contributed by atoms with Crippen LogP contribution >= 0.6 is 10.3 Å². The van der Waals surface area contributed by atoms with Crippen molar-refractivity contribution in [3.8, 4) is 11.5 Å². The molecular formula is C37H43NO7S2. The maximum Gasteiger partial charge on any atom is 0.307 e. The monoisotopic (exact) mass is 677 g/mol. The Balaban J connectivity index is 1.47. The van der Waals surface area contributed by atoms with E-state index < -0.39 is 20.4 Å². The SMILES string of the molecule is Cc1ccc(S(=O)(=O)OS(c2ccc(OC3CCCCO3)cc2)(c2ccc(OC3CCCCO3)cc2)c2ccc(N(C)C)cc2)cc1. The molecule has 6 rings (SSSR count). The first-order chi connectivity index (χ1) is 22.7. The molecule has 2 aliphatic rings. The molecule has 0 bridgehead atoms. The largest absolute Gasteiger partial charge is 0.465 e. The molecule has 2 fully saturated rings. The molecule has 2 heterocycles. The normalized spacial score (nSPS) is 20.5. The van der Waals surface area contributed by atoms with Crippen molar-refractivity contribution in [3.05, 3.63) is 103 Å². The molecule has 2 atom stereocenters. The highest BCUT2D eigenvalue weighted by Crippen LogP contribution is 2.70. The quantitative estimate of drug-likeness (QED) is 0.156. The van der Waals surface area contributed by atoms with E-state index in [2.05, 4.69) is 0 Å². The van der Waals surface area contributed by atoms with Gasteiger partial charge in [-0.15, -0.1) is 0 Å². The van der Waals surface area contributed by atoms with Crippen LogP contribution in [0.1, 0.15) is 44.1 Å². The van der Waals surface area contributed by atoms with E-state index in [1.54, 1.807) is 24.3 Å². The lowest BCUT2D eigenvalue weighted by Gasteiger charge is -2.39. The third kappa shape index (κ3) is 7.79. The van der Waals surface area contributed by atoms with Crippen molar-refractivity contribution in [1.82, 2.24) is 0 Å². The van der Waals surface area contributed by atoms with E-state index in [1.807, 2.05) is 98.7 Å². The van der Waals surface area contributed by atoms with Crippen LogP contribution in [-0.4, -0.2) is 48.3 Å². The van der Waals surface area contributed by atoms with Gasteiger partial charge in [-0.25, -0.2) is 3.63 Å². The van der Waals surface area contributed by atoms with Crippen LogP contribution in [0.3, 0.4) is 0 Å². The summed E-state index contributed by atoms with van der Waals surface area (Å²) < 4.78 is 58.9. The topological polar surface area (TPSA) is 83.5 Å². The van der Waals surface area contributed by atoms with Crippen molar-refractivity contribution < 1.29 is 31.0 Å². The van der Waals surface area contributed by atoms with Crippen molar-refractivity contribution in [3.63, 3.8) is 0 Å². The Hall–Kier alpha value is -3.54. The molecule has 0 amide bonds. The molecule has 2 unspecified atom stereocenters. The summed E-state index contributed by atoms with van der Waals surface area (Å²) in [6.07, 6.45) is 5.21. The molecule has 0 radical (unpaired) electrons. The summed E-state index contributed by atoms with van der Waals surface area (Å²) >= 11 is 0. The molecule has 2 saturated heterocycles. The molecule has 0 saturated carbocycles. The van der Waals surface area contributed by atoms with E-state index >= 15 is 0 Å². The first-order valence-electron chi connectivity index (χ1n) is 16.1. The van der Waals surface area contributed by atoms with Gasteiger partial charge >= 0.3 is 10.1 Å². The van der Waals surface area contributed by atoms with Crippen LogP contribution in [-0.2, 0) is 23.2 Å². The first kappa shape index (κ1) is 33.4. The maximum atomic E-state index is 14.2. The highest BCUT2D eigenvalue weighted by atomic mass is 32.3. The Morgan fingerprint density at radius 2 is 1.02 bits per heavy atom. The lowest BCUT2D eigenvalue weighted by molar-refractivity contribution is -0.106. The van der Waals surface area contributed by atoms with Crippen molar-refractivity contribution >= 4 is 26.1 Å². The molecule has 47 heavy (non-hydrogen) atoms. The van der Waals surface area contributed by atoms with Gasteiger partial charge in [0.25, 0.3) is 0 Å². The Morgan fingerprint density at radius 3 is 1.43 bits per heavy atom. The molecule has 10 heteroatoms. The van der Waals surface area contributed by atoms with Crippen LogP contribution in [0.5, 0.6) is 11.5 Å². The smallest absolute Gasteiger partial charge is 0.307 e. The minimum Gasteiger partial charge on any atom is -0.465 e. The van der Waals surface area contributed by atoms with Gasteiger partial charge in [-0.3, -0.25) is 0 Å². The van der Waals surface area contributed by atoms with E-state index in [0.29, 0.717) is 34.5 Å². The summed E-state index contributed by atoms with van der Waals surface area (Å²) in [6, 6.07) is 29.7. The Bertz CT molecular complexity index is 1630. The van der Waals surface area contributed by atoms with E-state index in [1.165, 1.54) is 0 Å². The summed E-state index contributed by atoms with van der Waals surface area (Å²) in [5.41, 5.74) is 1.94. The van der Waals surface area contributed by atoms with Gasteiger partial charge in [-0.1, -0.05) is 17.7 Å². The van der Waals surface area contributed by atoms with Gasteiger partial charge in [-0.2, -0.15) is 8.42 Å². The van der Waals surface area contributed by atoms with Gasteiger partial charge in [-0.05, 0) is 128 Å². The van der Waals surface area contributed by atoms with Crippen LogP contribution in [0.15, 0.2) is 117 Å². The van der Waals surface area contributed by atoms with Crippen LogP contribution < -0.4 is 14.4 Å².